The maximum absolute atomic E-state index is 13.7. The molecule has 6 nitrogen and oxygen atoms in total. The summed E-state index contributed by atoms with van der Waals surface area (Å²) in [6.45, 7) is 2.30. The summed E-state index contributed by atoms with van der Waals surface area (Å²) in [5.41, 5.74) is 1.51. The first-order valence-corrected chi connectivity index (χ1v) is 13.9. The monoisotopic (exact) mass is 527 g/mol. The SMILES string of the molecule is CCCCN(c1ccccc1)S(=O)(=O)c1cccc(C(=O)OC(C(=O)c2ccccc2)c2ccccc2)c1. The highest BCUT2D eigenvalue weighted by molar-refractivity contribution is 7.92. The second-order valence-electron chi connectivity index (χ2n) is 8.72. The zero-order chi connectivity index (χ0) is 27.0. The first-order valence-electron chi connectivity index (χ1n) is 12.4. The molecule has 38 heavy (non-hydrogen) atoms. The number of esters is 1. The third-order valence-electron chi connectivity index (χ3n) is 6.04. The quantitative estimate of drug-likeness (QED) is 0.165. The molecule has 1 unspecified atom stereocenters. The molecule has 0 fully saturated rings. The Kier molecular flexibility index (Phi) is 8.71. The molecule has 7 heteroatoms. The van der Waals surface area contributed by atoms with Crippen LogP contribution in [-0.4, -0.2) is 26.7 Å². The van der Waals surface area contributed by atoms with Gasteiger partial charge in [0.15, 0.2) is 6.10 Å². The first kappa shape index (κ1) is 26.8. The molecule has 4 aromatic carbocycles. The normalized spacial score (nSPS) is 11.9. The Morgan fingerprint density at radius 3 is 1.97 bits per heavy atom. The van der Waals surface area contributed by atoms with Crippen LogP contribution in [0.5, 0.6) is 0 Å². The molecule has 4 aromatic rings. The number of anilines is 1. The fourth-order valence-electron chi connectivity index (χ4n) is 4.02. The van der Waals surface area contributed by atoms with Crippen LogP contribution >= 0.6 is 0 Å². The predicted molar refractivity (Wildman–Crippen MR) is 148 cm³/mol. The lowest BCUT2D eigenvalue weighted by molar-refractivity contribution is 0.0280. The zero-order valence-corrected chi connectivity index (χ0v) is 21.9. The lowest BCUT2D eigenvalue weighted by Crippen LogP contribution is -2.32. The fraction of sp³-hybridized carbons (Fsp3) is 0.161. The minimum atomic E-state index is -3.96. The highest BCUT2D eigenvalue weighted by atomic mass is 32.2. The van der Waals surface area contributed by atoms with Crippen molar-refractivity contribution in [2.75, 3.05) is 10.8 Å². The molecule has 0 radical (unpaired) electrons. The van der Waals surface area contributed by atoms with Gasteiger partial charge in [-0.2, -0.15) is 0 Å². The molecular formula is C31H29NO5S. The van der Waals surface area contributed by atoms with Gasteiger partial charge in [-0.1, -0.05) is 98.3 Å². The third-order valence-corrected chi connectivity index (χ3v) is 7.86. The summed E-state index contributed by atoms with van der Waals surface area (Å²) < 4.78 is 34.4. The van der Waals surface area contributed by atoms with E-state index in [0.717, 1.165) is 6.42 Å². The summed E-state index contributed by atoms with van der Waals surface area (Å²) in [6, 6.07) is 32.0. The summed E-state index contributed by atoms with van der Waals surface area (Å²) in [5.74, 6) is -1.16. The van der Waals surface area contributed by atoms with Gasteiger partial charge in [-0.15, -0.1) is 0 Å². The lowest BCUT2D eigenvalue weighted by atomic mass is 10.00. The molecule has 0 heterocycles. The van der Waals surface area contributed by atoms with Gasteiger partial charge in [0, 0.05) is 17.7 Å². The molecule has 0 aliphatic carbocycles. The summed E-state index contributed by atoms with van der Waals surface area (Å²) in [7, 11) is -3.96. The molecular weight excluding hydrogens is 498 g/mol. The van der Waals surface area contributed by atoms with Gasteiger partial charge in [0.05, 0.1) is 16.1 Å². The van der Waals surface area contributed by atoms with Crippen LogP contribution in [-0.2, 0) is 14.8 Å². The summed E-state index contributed by atoms with van der Waals surface area (Å²) in [5, 5.41) is 0. The van der Waals surface area contributed by atoms with Gasteiger partial charge in [0.25, 0.3) is 10.0 Å². The number of ketones is 1. The van der Waals surface area contributed by atoms with Crippen molar-refractivity contribution in [2.45, 2.75) is 30.8 Å². The molecule has 194 valence electrons. The lowest BCUT2D eigenvalue weighted by Gasteiger charge is -2.24. The van der Waals surface area contributed by atoms with Crippen molar-refractivity contribution in [3.05, 3.63) is 132 Å². The second kappa shape index (κ2) is 12.3. The van der Waals surface area contributed by atoms with Crippen molar-refractivity contribution in [3.63, 3.8) is 0 Å². The number of ether oxygens (including phenoxy) is 1. The van der Waals surface area contributed by atoms with Crippen molar-refractivity contribution in [2.24, 2.45) is 0 Å². The number of nitrogens with zero attached hydrogens (tertiary/aromatic N) is 1. The molecule has 0 N–H and O–H groups in total. The highest BCUT2D eigenvalue weighted by Crippen LogP contribution is 2.27. The summed E-state index contributed by atoms with van der Waals surface area (Å²) >= 11 is 0. The predicted octanol–water partition coefficient (Wildman–Crippen LogP) is 6.46. The summed E-state index contributed by atoms with van der Waals surface area (Å²) in [4.78, 5) is 26.5. The van der Waals surface area contributed by atoms with E-state index in [9.17, 15) is 18.0 Å². The van der Waals surface area contributed by atoms with Crippen molar-refractivity contribution in [3.8, 4) is 0 Å². The molecule has 0 aliphatic heterocycles. The standard InChI is InChI=1S/C31H29NO5S/c1-2-3-22-32(27-19-11-6-12-20-27)38(35,36)28-21-13-18-26(23-28)31(34)37-30(25-16-9-5-10-17-25)29(33)24-14-7-4-8-15-24/h4-21,23,30H,2-3,22H2,1H3. The topological polar surface area (TPSA) is 80.8 Å². The van der Waals surface area contributed by atoms with Crippen LogP contribution < -0.4 is 4.31 Å². The molecule has 0 saturated heterocycles. The number of Topliss-reactive ketones (excluding diaryl/α,β-unsaturated/α-hetero) is 1. The van der Waals surface area contributed by atoms with Gasteiger partial charge < -0.3 is 4.74 Å². The molecule has 0 aliphatic rings. The number of carbonyl (C=O) groups excluding carboxylic acids is 2. The fourth-order valence-corrected chi connectivity index (χ4v) is 5.57. The number of para-hydroxylation sites is 1. The molecule has 0 saturated carbocycles. The van der Waals surface area contributed by atoms with Crippen molar-refractivity contribution >= 4 is 27.5 Å². The zero-order valence-electron chi connectivity index (χ0n) is 21.1. The van der Waals surface area contributed by atoms with E-state index in [1.807, 2.05) is 13.0 Å². The number of sulfonamides is 1. The van der Waals surface area contributed by atoms with Gasteiger partial charge in [0.1, 0.15) is 0 Å². The molecule has 0 amide bonds. The van der Waals surface area contributed by atoms with Gasteiger partial charge in [-0.25, -0.2) is 13.2 Å². The molecule has 0 bridgehead atoms. The first-order chi connectivity index (χ1) is 18.4. The smallest absolute Gasteiger partial charge is 0.339 e. The molecule has 0 aromatic heterocycles. The number of hydrogen-bond donors (Lipinski definition) is 0. The average molecular weight is 528 g/mol. The number of unbranched alkanes of at least 4 members (excludes halogenated alkanes) is 1. The van der Waals surface area contributed by atoms with Crippen molar-refractivity contribution < 1.29 is 22.7 Å². The second-order valence-corrected chi connectivity index (χ2v) is 10.6. The Hall–Kier alpha value is -4.23. The highest BCUT2D eigenvalue weighted by Gasteiger charge is 2.29. The van der Waals surface area contributed by atoms with E-state index in [4.69, 9.17) is 4.74 Å². The minimum Gasteiger partial charge on any atom is -0.445 e. The van der Waals surface area contributed by atoms with E-state index in [-0.39, 0.29) is 16.2 Å². The van der Waals surface area contributed by atoms with Crippen LogP contribution in [0.15, 0.2) is 120 Å². The minimum absolute atomic E-state index is 0.0300. The van der Waals surface area contributed by atoms with Crippen LogP contribution in [0.4, 0.5) is 5.69 Å². The Bertz CT molecular complexity index is 1470. The van der Waals surface area contributed by atoms with Crippen LogP contribution in [0.2, 0.25) is 0 Å². The summed E-state index contributed by atoms with van der Waals surface area (Å²) in [6.07, 6.45) is 0.314. The van der Waals surface area contributed by atoms with Crippen molar-refractivity contribution in [1.82, 2.24) is 0 Å². The van der Waals surface area contributed by atoms with Crippen LogP contribution in [0.3, 0.4) is 0 Å². The van der Waals surface area contributed by atoms with Crippen LogP contribution in [0, 0.1) is 0 Å². The van der Waals surface area contributed by atoms with Crippen LogP contribution in [0.25, 0.3) is 0 Å². The van der Waals surface area contributed by atoms with E-state index >= 15 is 0 Å². The van der Waals surface area contributed by atoms with E-state index in [2.05, 4.69) is 0 Å². The Morgan fingerprint density at radius 1 is 0.763 bits per heavy atom. The Morgan fingerprint density at radius 2 is 1.34 bits per heavy atom. The Labute approximate surface area is 223 Å². The largest absolute Gasteiger partial charge is 0.445 e. The van der Waals surface area contributed by atoms with Crippen LogP contribution in [0.1, 0.15) is 52.1 Å². The van der Waals surface area contributed by atoms with E-state index in [1.165, 1.54) is 28.6 Å². The third kappa shape index (κ3) is 6.18. The molecule has 0 spiro atoms. The van der Waals surface area contributed by atoms with Gasteiger partial charge in [0.2, 0.25) is 5.78 Å². The number of benzene rings is 4. The van der Waals surface area contributed by atoms with Gasteiger partial charge in [-0.3, -0.25) is 9.10 Å². The maximum Gasteiger partial charge on any atom is 0.339 e. The van der Waals surface area contributed by atoms with E-state index < -0.39 is 22.1 Å². The van der Waals surface area contributed by atoms with E-state index in [0.29, 0.717) is 29.8 Å². The Balaban J connectivity index is 1.65. The number of carbonyl (C=O) groups is 2. The maximum atomic E-state index is 13.7. The average Bonchev–Trinajstić information content (AvgIpc) is 2.97. The van der Waals surface area contributed by atoms with Crippen molar-refractivity contribution in [1.29, 1.82) is 0 Å². The number of rotatable bonds is 11. The molecule has 4 rings (SSSR count). The van der Waals surface area contributed by atoms with E-state index in [1.54, 1.807) is 84.9 Å². The number of hydrogen-bond acceptors (Lipinski definition) is 5. The van der Waals surface area contributed by atoms with Gasteiger partial charge in [-0.05, 0) is 36.8 Å². The molecule has 1 atom stereocenters. The van der Waals surface area contributed by atoms with Gasteiger partial charge >= 0.3 is 5.97 Å².